The minimum absolute atomic E-state index is 0.240. The molecule has 7 heteroatoms. The van der Waals surface area contributed by atoms with Gasteiger partial charge in [-0.05, 0) is 37.6 Å². The highest BCUT2D eigenvalue weighted by Gasteiger charge is 2.49. The van der Waals surface area contributed by atoms with Gasteiger partial charge in [0.1, 0.15) is 11.5 Å². The van der Waals surface area contributed by atoms with Crippen LogP contribution in [0.15, 0.2) is 42.5 Å². The third kappa shape index (κ3) is 3.95. The van der Waals surface area contributed by atoms with Crippen molar-refractivity contribution in [1.82, 2.24) is 0 Å². The Morgan fingerprint density at radius 1 is 1.22 bits per heavy atom. The molecule has 0 saturated heterocycles. The fourth-order valence-corrected chi connectivity index (χ4v) is 3.72. The van der Waals surface area contributed by atoms with Gasteiger partial charge in [-0.15, -0.1) is 0 Å². The lowest BCUT2D eigenvalue weighted by molar-refractivity contribution is -0.141. The number of ketones is 1. The molecule has 2 aromatic carbocycles. The maximum atomic E-state index is 12.8. The van der Waals surface area contributed by atoms with Gasteiger partial charge in [-0.25, -0.2) is 0 Å². The molecule has 0 radical (unpaired) electrons. The number of fused-ring (bicyclic) bond motifs is 1. The first-order valence-corrected chi connectivity index (χ1v) is 9.29. The lowest BCUT2D eigenvalue weighted by Gasteiger charge is -2.22. The number of aliphatic hydroxyl groups is 1. The topological polar surface area (TPSA) is 66.8 Å². The van der Waals surface area contributed by atoms with Crippen LogP contribution in [0.5, 0.6) is 5.75 Å². The van der Waals surface area contributed by atoms with Crippen molar-refractivity contribution in [2.24, 2.45) is 0 Å². The number of anilines is 1. The van der Waals surface area contributed by atoms with Crippen molar-refractivity contribution in [2.45, 2.75) is 25.4 Å². The minimum atomic E-state index is -1.80. The molecule has 0 fully saturated rings. The summed E-state index contributed by atoms with van der Waals surface area (Å²) in [7, 11) is 0. The van der Waals surface area contributed by atoms with Crippen LogP contribution in [-0.2, 0) is 15.2 Å². The Bertz CT molecular complexity index is 886. The van der Waals surface area contributed by atoms with Crippen molar-refractivity contribution in [2.75, 3.05) is 18.1 Å². The zero-order valence-electron chi connectivity index (χ0n) is 14.7. The van der Waals surface area contributed by atoms with Gasteiger partial charge in [0, 0.05) is 23.6 Å². The summed E-state index contributed by atoms with van der Waals surface area (Å²) in [4.78, 5) is 25.9. The first-order chi connectivity index (χ1) is 12.8. The van der Waals surface area contributed by atoms with E-state index in [9.17, 15) is 14.7 Å². The Kier molecular flexibility index (Phi) is 5.75. The van der Waals surface area contributed by atoms with E-state index >= 15 is 0 Å². The Morgan fingerprint density at radius 2 is 1.96 bits per heavy atom. The molecule has 1 N–H and O–H groups in total. The fourth-order valence-electron chi connectivity index (χ4n) is 3.26. The number of rotatable bonds is 7. The van der Waals surface area contributed by atoms with Crippen LogP contribution in [-0.4, -0.2) is 29.9 Å². The standard InChI is InChI=1S/C20H19Cl2NO4/c1-13(24)12-20(26)15-5-2-3-6-17(15)23(19(20)25)9-4-10-27-18-8-7-14(21)11-16(18)22/h2-3,5-8,11,26H,4,9-10,12H2,1H3/t20-/m0/s1. The molecule has 3 rings (SSSR count). The zero-order chi connectivity index (χ0) is 19.6. The number of carbonyl (C=O) groups is 2. The van der Waals surface area contributed by atoms with E-state index in [0.717, 1.165) is 0 Å². The number of para-hydroxylation sites is 1. The number of amides is 1. The summed E-state index contributed by atoms with van der Waals surface area (Å²) in [5.74, 6) is -0.214. The second kappa shape index (κ2) is 7.89. The highest BCUT2D eigenvalue weighted by atomic mass is 35.5. The molecule has 1 aliphatic rings. The number of Topliss-reactive ketones (excluding diaryl/α,β-unsaturated/α-hetero) is 1. The van der Waals surface area contributed by atoms with Crippen molar-refractivity contribution in [1.29, 1.82) is 0 Å². The van der Waals surface area contributed by atoms with Crippen LogP contribution < -0.4 is 9.64 Å². The third-order valence-corrected chi connectivity index (χ3v) is 4.95. The lowest BCUT2D eigenvalue weighted by Crippen LogP contribution is -2.42. The molecule has 27 heavy (non-hydrogen) atoms. The smallest absolute Gasteiger partial charge is 0.264 e. The van der Waals surface area contributed by atoms with Crippen LogP contribution in [0.2, 0.25) is 10.0 Å². The van der Waals surface area contributed by atoms with Gasteiger partial charge in [0.15, 0.2) is 5.60 Å². The normalized spacial score (nSPS) is 18.5. The molecule has 0 bridgehead atoms. The average Bonchev–Trinajstić information content (AvgIpc) is 2.81. The van der Waals surface area contributed by atoms with Crippen molar-refractivity contribution in [3.8, 4) is 5.75 Å². The van der Waals surface area contributed by atoms with Gasteiger partial charge < -0.3 is 14.7 Å². The van der Waals surface area contributed by atoms with E-state index in [2.05, 4.69) is 0 Å². The molecule has 0 spiro atoms. The summed E-state index contributed by atoms with van der Waals surface area (Å²) in [6.45, 7) is 2.04. The molecule has 2 aromatic rings. The van der Waals surface area contributed by atoms with E-state index < -0.39 is 11.5 Å². The third-order valence-electron chi connectivity index (χ3n) is 4.42. The molecule has 0 unspecified atom stereocenters. The molecule has 0 saturated carbocycles. The summed E-state index contributed by atoms with van der Waals surface area (Å²) in [5, 5.41) is 11.8. The number of hydrogen-bond acceptors (Lipinski definition) is 4. The predicted octanol–water partition coefficient (Wildman–Crippen LogP) is 3.98. The van der Waals surface area contributed by atoms with Crippen LogP contribution in [0.4, 0.5) is 5.69 Å². The number of benzene rings is 2. The van der Waals surface area contributed by atoms with Gasteiger partial charge in [0.2, 0.25) is 0 Å². The lowest BCUT2D eigenvalue weighted by atomic mass is 9.90. The number of hydrogen-bond donors (Lipinski definition) is 1. The van der Waals surface area contributed by atoms with Gasteiger partial charge >= 0.3 is 0 Å². The first kappa shape index (κ1) is 19.7. The number of carbonyl (C=O) groups excluding carboxylic acids is 2. The maximum absolute atomic E-state index is 12.8. The first-order valence-electron chi connectivity index (χ1n) is 8.54. The van der Waals surface area contributed by atoms with Crippen LogP contribution >= 0.6 is 23.2 Å². The second-order valence-corrected chi connectivity index (χ2v) is 7.33. The number of halogens is 2. The van der Waals surface area contributed by atoms with E-state index in [0.29, 0.717) is 46.6 Å². The summed E-state index contributed by atoms with van der Waals surface area (Å²) in [6.07, 6.45) is 0.283. The van der Waals surface area contributed by atoms with Crippen molar-refractivity contribution in [3.63, 3.8) is 0 Å². The highest BCUT2D eigenvalue weighted by Crippen LogP contribution is 2.42. The van der Waals surface area contributed by atoms with Crippen molar-refractivity contribution < 1.29 is 19.4 Å². The van der Waals surface area contributed by atoms with Crippen LogP contribution in [0.1, 0.15) is 25.3 Å². The Hall–Kier alpha value is -2.08. The maximum Gasteiger partial charge on any atom is 0.264 e. The number of nitrogens with zero attached hydrogens (tertiary/aromatic N) is 1. The summed E-state index contributed by atoms with van der Waals surface area (Å²) < 4.78 is 5.65. The quantitative estimate of drug-likeness (QED) is 0.704. The molecular formula is C20H19Cl2NO4. The summed E-state index contributed by atoms with van der Waals surface area (Å²) >= 11 is 11.9. The highest BCUT2D eigenvalue weighted by molar-refractivity contribution is 6.35. The minimum Gasteiger partial charge on any atom is -0.492 e. The molecule has 0 aliphatic carbocycles. The predicted molar refractivity (Wildman–Crippen MR) is 105 cm³/mol. The Balaban J connectivity index is 1.68. The van der Waals surface area contributed by atoms with E-state index in [1.807, 2.05) is 0 Å². The van der Waals surface area contributed by atoms with Crippen molar-refractivity contribution >= 4 is 40.6 Å². The van der Waals surface area contributed by atoms with Crippen LogP contribution in [0.3, 0.4) is 0 Å². The van der Waals surface area contributed by atoms with Gasteiger partial charge in [-0.2, -0.15) is 0 Å². The van der Waals surface area contributed by atoms with Crippen LogP contribution in [0, 0.1) is 0 Å². The number of ether oxygens (including phenoxy) is 1. The second-order valence-electron chi connectivity index (χ2n) is 6.49. The van der Waals surface area contributed by atoms with E-state index in [4.69, 9.17) is 27.9 Å². The molecule has 0 aromatic heterocycles. The Morgan fingerprint density at radius 3 is 2.67 bits per heavy atom. The van der Waals surface area contributed by atoms with E-state index in [1.165, 1.54) is 11.8 Å². The molecule has 142 valence electrons. The molecule has 1 atom stereocenters. The largest absolute Gasteiger partial charge is 0.492 e. The van der Waals surface area contributed by atoms with E-state index in [1.54, 1.807) is 42.5 Å². The summed E-state index contributed by atoms with van der Waals surface area (Å²) in [5.41, 5.74) is -0.717. The van der Waals surface area contributed by atoms with Gasteiger partial charge in [0.05, 0.1) is 17.3 Å². The van der Waals surface area contributed by atoms with Gasteiger partial charge in [-0.1, -0.05) is 41.4 Å². The molecule has 1 heterocycles. The van der Waals surface area contributed by atoms with Crippen molar-refractivity contribution in [3.05, 3.63) is 58.1 Å². The van der Waals surface area contributed by atoms with Gasteiger partial charge in [-0.3, -0.25) is 9.59 Å². The monoisotopic (exact) mass is 407 g/mol. The Labute approximate surface area is 167 Å². The molecule has 1 aliphatic heterocycles. The molecular weight excluding hydrogens is 389 g/mol. The fraction of sp³-hybridized carbons (Fsp3) is 0.300. The van der Waals surface area contributed by atoms with E-state index in [-0.39, 0.29) is 12.2 Å². The molecule has 1 amide bonds. The summed E-state index contributed by atoms with van der Waals surface area (Å²) in [6, 6.07) is 12.0. The van der Waals surface area contributed by atoms with Crippen LogP contribution in [0.25, 0.3) is 0 Å². The van der Waals surface area contributed by atoms with Gasteiger partial charge in [0.25, 0.3) is 5.91 Å². The SMILES string of the molecule is CC(=O)C[C@@]1(O)C(=O)N(CCCOc2ccc(Cl)cc2Cl)c2ccccc21. The zero-order valence-corrected chi connectivity index (χ0v) is 16.3. The molecule has 5 nitrogen and oxygen atoms in total. The average molecular weight is 408 g/mol.